The van der Waals surface area contributed by atoms with Crippen molar-refractivity contribution in [3.8, 4) is 0 Å². The Balaban J connectivity index is 2.30. The highest BCUT2D eigenvalue weighted by Gasteiger charge is 2.07. The summed E-state index contributed by atoms with van der Waals surface area (Å²) in [5.41, 5.74) is 0. The van der Waals surface area contributed by atoms with Crippen LogP contribution in [0.15, 0.2) is 6.20 Å². The molecule has 0 fully saturated rings. The second kappa shape index (κ2) is 6.35. The van der Waals surface area contributed by atoms with E-state index in [1.165, 1.54) is 4.88 Å². The number of hydrogen-bond acceptors (Lipinski definition) is 4. The first-order valence-corrected chi connectivity index (χ1v) is 7.44. The van der Waals surface area contributed by atoms with Gasteiger partial charge in [-0.2, -0.15) is 0 Å². The van der Waals surface area contributed by atoms with Crippen molar-refractivity contribution in [3.05, 3.63) is 16.1 Å². The molecule has 1 N–H and O–H groups in total. The van der Waals surface area contributed by atoms with E-state index in [4.69, 9.17) is 0 Å². The van der Waals surface area contributed by atoms with Gasteiger partial charge in [0.05, 0.1) is 5.01 Å². The van der Waals surface area contributed by atoms with Crippen molar-refractivity contribution >= 4 is 22.1 Å². The molecule has 0 amide bonds. The Labute approximate surface area is 97.8 Å². The topological polar surface area (TPSA) is 42.0 Å². The van der Waals surface area contributed by atoms with Crippen molar-refractivity contribution in [1.82, 2.24) is 10.3 Å². The Morgan fingerprint density at radius 3 is 2.93 bits per heavy atom. The zero-order chi connectivity index (χ0) is 11.3. The minimum absolute atomic E-state index is 0.310. The van der Waals surface area contributed by atoms with Crippen LogP contribution in [0.5, 0.6) is 0 Å². The van der Waals surface area contributed by atoms with E-state index in [2.05, 4.69) is 17.2 Å². The summed E-state index contributed by atoms with van der Waals surface area (Å²) in [5.74, 6) is 1.48. The largest absolute Gasteiger partial charge is 0.309 e. The fourth-order valence-electron chi connectivity index (χ4n) is 1.21. The maximum absolute atomic E-state index is 11.2. The van der Waals surface area contributed by atoms with Crippen molar-refractivity contribution in [2.24, 2.45) is 0 Å². The summed E-state index contributed by atoms with van der Waals surface area (Å²) in [7, 11) is -0.669. The van der Waals surface area contributed by atoms with Gasteiger partial charge in [-0.3, -0.25) is 4.21 Å². The molecule has 1 heterocycles. The Bertz CT molecular complexity index is 325. The SMILES string of the molecule is CCS(=O)CCNC(C)c1cnc(C)s1. The maximum atomic E-state index is 11.2. The molecule has 2 unspecified atom stereocenters. The average molecular weight is 246 g/mol. The lowest BCUT2D eigenvalue weighted by Gasteiger charge is -2.10. The van der Waals surface area contributed by atoms with Crippen LogP contribution < -0.4 is 5.32 Å². The smallest absolute Gasteiger partial charge is 0.0897 e. The third kappa shape index (κ3) is 4.40. The van der Waals surface area contributed by atoms with Crippen molar-refractivity contribution in [2.45, 2.75) is 26.8 Å². The van der Waals surface area contributed by atoms with Crippen LogP contribution in [0.25, 0.3) is 0 Å². The summed E-state index contributed by atoms with van der Waals surface area (Å²) < 4.78 is 11.2. The molecule has 1 aromatic heterocycles. The van der Waals surface area contributed by atoms with Gasteiger partial charge in [0.25, 0.3) is 0 Å². The van der Waals surface area contributed by atoms with Crippen molar-refractivity contribution in [1.29, 1.82) is 0 Å². The number of thiazole rings is 1. The second-order valence-corrected chi connectivity index (χ2v) is 6.52. The lowest BCUT2D eigenvalue weighted by molar-refractivity contribution is 0.604. The molecule has 0 aromatic carbocycles. The van der Waals surface area contributed by atoms with Crippen LogP contribution in [0.4, 0.5) is 0 Å². The standard InChI is InChI=1S/C10H18N2OS2/c1-4-15(13)6-5-11-8(2)10-7-12-9(3)14-10/h7-8,11H,4-6H2,1-3H3. The predicted octanol–water partition coefficient (Wildman–Crippen LogP) is 1.87. The van der Waals surface area contributed by atoms with Crippen LogP contribution >= 0.6 is 11.3 Å². The van der Waals surface area contributed by atoms with E-state index in [1.54, 1.807) is 11.3 Å². The summed E-state index contributed by atoms with van der Waals surface area (Å²) in [4.78, 5) is 5.46. The van der Waals surface area contributed by atoms with Gasteiger partial charge in [-0.05, 0) is 13.8 Å². The third-order valence-corrected chi connectivity index (χ3v) is 4.57. The van der Waals surface area contributed by atoms with E-state index in [-0.39, 0.29) is 0 Å². The first-order chi connectivity index (χ1) is 7.13. The number of hydrogen-bond donors (Lipinski definition) is 1. The predicted molar refractivity (Wildman–Crippen MR) is 66.8 cm³/mol. The molecule has 1 aromatic rings. The van der Waals surface area contributed by atoms with Crippen LogP contribution in [-0.2, 0) is 10.8 Å². The molecule has 3 nitrogen and oxygen atoms in total. The Morgan fingerprint density at radius 1 is 1.67 bits per heavy atom. The summed E-state index contributed by atoms with van der Waals surface area (Å²) in [5, 5.41) is 4.45. The summed E-state index contributed by atoms with van der Waals surface area (Å²) in [6.45, 7) is 6.87. The van der Waals surface area contributed by atoms with Crippen LogP contribution in [0, 0.1) is 6.92 Å². The Hall–Kier alpha value is -0.260. The molecule has 1 rings (SSSR count). The van der Waals surface area contributed by atoms with Gasteiger partial charge in [-0.25, -0.2) is 4.98 Å². The highest BCUT2D eigenvalue weighted by Crippen LogP contribution is 2.19. The molecule has 15 heavy (non-hydrogen) atoms. The maximum Gasteiger partial charge on any atom is 0.0897 e. The molecule has 5 heteroatoms. The highest BCUT2D eigenvalue weighted by atomic mass is 32.2. The molecule has 0 aliphatic heterocycles. The molecule has 86 valence electrons. The van der Waals surface area contributed by atoms with Crippen LogP contribution in [0.3, 0.4) is 0 Å². The Morgan fingerprint density at radius 2 is 2.40 bits per heavy atom. The fraction of sp³-hybridized carbons (Fsp3) is 0.700. The van der Waals surface area contributed by atoms with Gasteiger partial charge in [0, 0.05) is 46.0 Å². The van der Waals surface area contributed by atoms with Gasteiger partial charge in [-0.15, -0.1) is 11.3 Å². The van der Waals surface area contributed by atoms with E-state index < -0.39 is 10.8 Å². The number of rotatable bonds is 6. The van der Waals surface area contributed by atoms with E-state index >= 15 is 0 Å². The van der Waals surface area contributed by atoms with Gasteiger partial charge in [0.2, 0.25) is 0 Å². The van der Waals surface area contributed by atoms with E-state index in [0.717, 1.165) is 23.1 Å². The van der Waals surface area contributed by atoms with Gasteiger partial charge in [0.1, 0.15) is 0 Å². The van der Waals surface area contributed by atoms with Crippen LogP contribution in [-0.4, -0.2) is 27.2 Å². The fourth-order valence-corrected chi connectivity index (χ4v) is 2.66. The minimum Gasteiger partial charge on any atom is -0.309 e. The van der Waals surface area contributed by atoms with Crippen molar-refractivity contribution in [3.63, 3.8) is 0 Å². The molecule has 0 bridgehead atoms. The number of aryl methyl sites for hydroxylation is 1. The Kier molecular flexibility index (Phi) is 5.42. The zero-order valence-corrected chi connectivity index (χ0v) is 11.1. The molecule has 2 atom stereocenters. The molecular weight excluding hydrogens is 228 g/mol. The van der Waals surface area contributed by atoms with Gasteiger partial charge in [-0.1, -0.05) is 6.92 Å². The zero-order valence-electron chi connectivity index (χ0n) is 9.45. The normalized spacial score (nSPS) is 15.1. The van der Waals surface area contributed by atoms with E-state index in [1.807, 2.05) is 20.0 Å². The third-order valence-electron chi connectivity index (χ3n) is 2.17. The minimum atomic E-state index is -0.669. The average Bonchev–Trinajstić information content (AvgIpc) is 2.64. The molecule has 0 radical (unpaired) electrons. The molecule has 0 saturated carbocycles. The molecular formula is C10H18N2OS2. The quantitative estimate of drug-likeness (QED) is 0.833. The van der Waals surface area contributed by atoms with Crippen LogP contribution in [0.2, 0.25) is 0 Å². The monoisotopic (exact) mass is 246 g/mol. The lowest BCUT2D eigenvalue weighted by Crippen LogP contribution is -2.23. The van der Waals surface area contributed by atoms with Crippen molar-refractivity contribution < 1.29 is 4.21 Å². The molecule has 0 spiro atoms. The highest BCUT2D eigenvalue weighted by molar-refractivity contribution is 7.84. The first-order valence-electron chi connectivity index (χ1n) is 5.14. The first kappa shape index (κ1) is 12.8. The van der Waals surface area contributed by atoms with Gasteiger partial charge in [0.15, 0.2) is 0 Å². The van der Waals surface area contributed by atoms with Crippen molar-refractivity contribution in [2.75, 3.05) is 18.1 Å². The second-order valence-electron chi connectivity index (χ2n) is 3.39. The lowest BCUT2D eigenvalue weighted by atomic mass is 10.3. The van der Waals surface area contributed by atoms with E-state index in [0.29, 0.717) is 6.04 Å². The van der Waals surface area contributed by atoms with E-state index in [9.17, 15) is 4.21 Å². The summed E-state index contributed by atoms with van der Waals surface area (Å²) in [6, 6.07) is 0.310. The summed E-state index contributed by atoms with van der Waals surface area (Å²) in [6.07, 6.45) is 1.91. The number of nitrogens with one attached hydrogen (secondary N) is 1. The van der Waals surface area contributed by atoms with Gasteiger partial charge >= 0.3 is 0 Å². The summed E-state index contributed by atoms with van der Waals surface area (Å²) >= 11 is 1.71. The molecule has 0 saturated heterocycles. The van der Waals surface area contributed by atoms with Crippen LogP contribution in [0.1, 0.15) is 29.8 Å². The number of aromatic nitrogens is 1. The molecule has 0 aliphatic carbocycles. The van der Waals surface area contributed by atoms with Gasteiger partial charge < -0.3 is 5.32 Å². The molecule has 0 aliphatic rings. The number of nitrogens with zero attached hydrogens (tertiary/aromatic N) is 1.